The van der Waals surface area contributed by atoms with Gasteiger partial charge in [0.25, 0.3) is 0 Å². The zero-order valence-corrected chi connectivity index (χ0v) is 78.2. The molecular weight excluding hydrogens is 1710 g/mol. The van der Waals surface area contributed by atoms with Gasteiger partial charge in [0.05, 0.1) is 59.5 Å². The first kappa shape index (κ1) is 115. The molecule has 0 bridgehead atoms. The standard InChI is InChI=1S/C82H143N2O34P5/c1-55(2)25-15-26-56(3)27-16-28-57(4)29-17-30-58(5)31-18-32-59(6)33-19-34-60(7)35-20-36-61(8)37-21-38-62(9)39-22-40-63(10)41-23-42-64(11)43-24-44-65(12)45-46-107-122(103,104)118-123(105,106)117-82-75(84-67(14)89)77(95)79(72(48-86)114-82)115-81-74(83-66(13)88)78(96)80(73(49-87)113-81)116-121(101,102)111-53-69(91)52-109-119(97,98)108-50-68(90)51-110-120(99,100)112-54-71(93)76(94)70(92)47-85/h25,27,29,31,33,35,37,39,41,43,45,68-82,85-87,90-96H,15-24,26,28,30,32,34,36,38,40,42,44,46-54H2,1-14H3,(H,83,88)(H,84,89)(H,97,98)(H,99,100)(H,101,102)(H,103,104)(H,105,106)/b56-27+,57-29+,58-31-,59-33-,60-35-,61-37-,62-39-,63-41-,64-43-,65-45-/t68-,69+,70-,71+,72+,73+,74-,75+,76-,77+,78+,79?,80+,81-,82+/m0/s1. The fourth-order valence-corrected chi connectivity index (χ4v) is 17.0. The van der Waals surface area contributed by atoms with Crippen molar-refractivity contribution in [3.8, 4) is 0 Å². The molecule has 710 valence electrons. The zero-order valence-electron chi connectivity index (χ0n) is 73.7. The fraction of sp³-hybridized carbons (Fsp3) is 0.707. The van der Waals surface area contributed by atoms with Crippen molar-refractivity contribution in [2.24, 2.45) is 0 Å². The smallest absolute Gasteiger partial charge is 0.394 e. The van der Waals surface area contributed by atoms with Crippen LogP contribution in [0.25, 0.3) is 0 Å². The molecule has 2 aliphatic heterocycles. The molecule has 2 amide bonds. The first-order valence-corrected chi connectivity index (χ1v) is 48.9. The van der Waals surface area contributed by atoms with Crippen LogP contribution in [0.15, 0.2) is 128 Å². The fourth-order valence-electron chi connectivity index (χ4n) is 12.4. The maximum Gasteiger partial charge on any atom is 0.483 e. The second kappa shape index (κ2) is 60.2. The lowest BCUT2D eigenvalue weighted by Gasteiger charge is -2.48. The minimum Gasteiger partial charge on any atom is -0.394 e. The minimum atomic E-state index is -5.82. The Balaban J connectivity index is 1.86. The molecule has 0 aromatic heterocycles. The predicted octanol–water partition coefficient (Wildman–Crippen LogP) is 11.6. The summed E-state index contributed by atoms with van der Waals surface area (Å²) in [5, 5.41) is 107. The lowest BCUT2D eigenvalue weighted by atomic mass is 9.94. The van der Waals surface area contributed by atoms with Crippen LogP contribution in [-0.4, -0.2) is 239 Å². The average Bonchev–Trinajstić information content (AvgIpc) is 0.769. The highest BCUT2D eigenvalue weighted by molar-refractivity contribution is 7.61. The molecule has 36 nitrogen and oxygen atoms in total. The van der Waals surface area contributed by atoms with E-state index in [0.717, 1.165) is 135 Å². The number of amides is 2. The van der Waals surface area contributed by atoms with Gasteiger partial charge in [0.1, 0.15) is 79.2 Å². The molecule has 0 aliphatic carbocycles. The topological polar surface area (TPSA) is 558 Å². The number of aliphatic hydroxyl groups excluding tert-OH is 10. The van der Waals surface area contributed by atoms with Crippen LogP contribution in [0, 0.1) is 0 Å². The summed E-state index contributed by atoms with van der Waals surface area (Å²) in [5.74, 6) is -1.89. The number of rotatable bonds is 63. The molecule has 41 heteroatoms. The monoisotopic (exact) mass is 1850 g/mol. The molecule has 2 rings (SSSR count). The quantitative estimate of drug-likeness (QED) is 0.0199. The van der Waals surface area contributed by atoms with Gasteiger partial charge < -0.3 is 100 Å². The van der Waals surface area contributed by atoms with Crippen LogP contribution >= 0.6 is 39.1 Å². The number of phosphoric ester groups is 5. The van der Waals surface area contributed by atoms with E-state index in [9.17, 15) is 103 Å². The number of phosphoric acid groups is 5. The summed E-state index contributed by atoms with van der Waals surface area (Å²) < 4.78 is 124. The summed E-state index contributed by atoms with van der Waals surface area (Å²) in [5.41, 5.74) is 14.8. The summed E-state index contributed by atoms with van der Waals surface area (Å²) in [4.78, 5) is 76.8. The molecule has 20 atom stereocenters. The van der Waals surface area contributed by atoms with Gasteiger partial charge in [-0.2, -0.15) is 4.31 Å². The molecule has 2 saturated heterocycles. The highest BCUT2D eigenvalue weighted by Gasteiger charge is 2.55. The van der Waals surface area contributed by atoms with Crippen molar-refractivity contribution < 1.29 is 163 Å². The SMILES string of the molecule is CC(=O)N[C@@H]1[C@H](OC2[C@@H](CO)O[C@H](OP(=O)(O)OP(=O)(O)OC/C=C(/C)CC/C=C(/C)CC/C=C(/C)CC/C=C(/C)CC/C=C(/C)CC/C=C(/C)CC/C=C(/C)CC/C=C(/C)CC/C=C(\C)CC/C=C(\C)CCC=C(C)C)[C@H](NC(C)=O)[C@H]2O)O[C@H](CO)[C@@H](OP(=O)(O)OC[C@H](O)COP(=O)(O)OC[C@H](O)COP(=O)(O)OC[C@@H](O)[C@@H](O)[C@@H](O)CO)[C@@H]1O. The van der Waals surface area contributed by atoms with Gasteiger partial charge in [0.15, 0.2) is 12.6 Å². The van der Waals surface area contributed by atoms with Crippen LogP contribution in [-0.2, 0) is 87.1 Å². The van der Waals surface area contributed by atoms with Gasteiger partial charge in [0.2, 0.25) is 11.8 Å². The highest BCUT2D eigenvalue weighted by atomic mass is 31.3. The van der Waals surface area contributed by atoms with Crippen LogP contribution in [0.4, 0.5) is 0 Å². The number of hydrogen-bond donors (Lipinski definition) is 17. The molecule has 6 unspecified atom stereocenters. The van der Waals surface area contributed by atoms with Crippen LogP contribution in [0.3, 0.4) is 0 Å². The number of nitrogens with one attached hydrogen (secondary N) is 2. The van der Waals surface area contributed by atoms with Gasteiger partial charge >= 0.3 is 39.1 Å². The molecule has 0 aromatic carbocycles. The average molecular weight is 1860 g/mol. The van der Waals surface area contributed by atoms with Crippen LogP contribution < -0.4 is 10.6 Å². The van der Waals surface area contributed by atoms with E-state index in [-0.39, 0.29) is 0 Å². The second-order valence-electron chi connectivity index (χ2n) is 31.6. The minimum absolute atomic E-state index is 0.530. The Labute approximate surface area is 725 Å². The van der Waals surface area contributed by atoms with Gasteiger partial charge in [0, 0.05) is 13.8 Å². The molecule has 2 aliphatic rings. The van der Waals surface area contributed by atoms with Crippen molar-refractivity contribution in [3.63, 3.8) is 0 Å². The third-order valence-electron chi connectivity index (χ3n) is 19.6. The van der Waals surface area contributed by atoms with E-state index in [1.54, 1.807) is 6.92 Å². The highest BCUT2D eigenvalue weighted by Crippen LogP contribution is 2.61. The van der Waals surface area contributed by atoms with Crippen molar-refractivity contribution in [2.75, 3.05) is 59.5 Å². The summed E-state index contributed by atoms with van der Waals surface area (Å²) in [7, 11) is -27.2. The van der Waals surface area contributed by atoms with E-state index < -0.39 is 202 Å². The van der Waals surface area contributed by atoms with Crippen molar-refractivity contribution in [1.82, 2.24) is 10.6 Å². The summed E-state index contributed by atoms with van der Waals surface area (Å²) in [6, 6.07) is -3.91. The number of aliphatic hydroxyl groups is 10. The Morgan fingerprint density at radius 3 is 0.976 bits per heavy atom. The Hall–Kier alpha value is -3.85. The molecule has 2 fully saturated rings. The van der Waals surface area contributed by atoms with Crippen molar-refractivity contribution in [3.05, 3.63) is 128 Å². The van der Waals surface area contributed by atoms with Gasteiger partial charge in [-0.25, -0.2) is 22.8 Å². The summed E-state index contributed by atoms with van der Waals surface area (Å²) in [6.45, 7) is 18.1. The predicted molar refractivity (Wildman–Crippen MR) is 462 cm³/mol. The third-order valence-corrected chi connectivity index (χ3v) is 25.1. The largest absolute Gasteiger partial charge is 0.483 e. The molecule has 17 N–H and O–H groups in total. The van der Waals surface area contributed by atoms with Gasteiger partial charge in [-0.05, 0) is 212 Å². The Morgan fingerprint density at radius 1 is 0.358 bits per heavy atom. The second-order valence-corrected chi connectivity index (χ2v) is 39.0. The van der Waals surface area contributed by atoms with Gasteiger partial charge in [-0.1, -0.05) is 128 Å². The first-order chi connectivity index (χ1) is 57.5. The van der Waals surface area contributed by atoms with E-state index in [0.29, 0.717) is 12.8 Å². The molecule has 0 aromatic rings. The normalized spacial score (nSPS) is 24.8. The summed E-state index contributed by atoms with van der Waals surface area (Å²) >= 11 is 0. The van der Waals surface area contributed by atoms with E-state index in [1.165, 1.54) is 61.8 Å². The number of allylic oxidation sites excluding steroid dienone is 21. The Morgan fingerprint density at radius 2 is 0.650 bits per heavy atom. The van der Waals surface area contributed by atoms with Crippen LogP contribution in [0.1, 0.15) is 225 Å². The maximum absolute atomic E-state index is 13.4. The van der Waals surface area contributed by atoms with E-state index in [2.05, 4.69) is 163 Å². The third kappa shape index (κ3) is 52.0. The molecule has 0 radical (unpaired) electrons. The van der Waals surface area contributed by atoms with E-state index in [1.807, 2.05) is 6.92 Å². The van der Waals surface area contributed by atoms with E-state index in [4.69, 9.17) is 37.4 Å². The number of carbonyl (C=O) groups excluding carboxylic acids is 2. The summed E-state index contributed by atoms with van der Waals surface area (Å²) in [6.07, 6.45) is 18.4. The Kier molecular flexibility index (Phi) is 56.4. The van der Waals surface area contributed by atoms with Crippen molar-refractivity contribution in [2.45, 2.75) is 317 Å². The Bertz CT molecular complexity index is 3800. The lowest BCUT2D eigenvalue weighted by molar-refractivity contribution is -0.324. The zero-order chi connectivity index (χ0) is 92.8. The number of ether oxygens (including phenoxy) is 3. The van der Waals surface area contributed by atoms with Crippen LogP contribution in [0.5, 0.6) is 0 Å². The van der Waals surface area contributed by atoms with Crippen LogP contribution in [0.2, 0.25) is 0 Å². The molecular formula is C82H143N2O34P5. The van der Waals surface area contributed by atoms with Gasteiger partial charge in [-0.3, -0.25) is 45.8 Å². The maximum atomic E-state index is 13.4. The molecule has 123 heavy (non-hydrogen) atoms. The van der Waals surface area contributed by atoms with Crippen molar-refractivity contribution >= 4 is 50.9 Å². The van der Waals surface area contributed by atoms with Gasteiger partial charge in [-0.15, -0.1) is 0 Å². The van der Waals surface area contributed by atoms with E-state index >= 15 is 0 Å². The lowest BCUT2D eigenvalue weighted by Crippen LogP contribution is -2.69. The van der Waals surface area contributed by atoms with Crippen molar-refractivity contribution in [1.29, 1.82) is 0 Å². The first-order valence-electron chi connectivity index (χ1n) is 41.4. The number of carbonyl (C=O) groups is 2. The molecule has 0 spiro atoms. The number of hydrogen-bond acceptors (Lipinski definition) is 29. The molecule has 0 saturated carbocycles. The molecule has 2 heterocycles.